The van der Waals surface area contributed by atoms with E-state index in [4.69, 9.17) is 0 Å². The van der Waals surface area contributed by atoms with E-state index < -0.39 is 22.3 Å². The highest BCUT2D eigenvalue weighted by Crippen LogP contribution is 2.30. The van der Waals surface area contributed by atoms with Gasteiger partial charge in [-0.15, -0.1) is 11.3 Å². The van der Waals surface area contributed by atoms with Gasteiger partial charge in [0.25, 0.3) is 11.6 Å². The number of halogens is 1. The summed E-state index contributed by atoms with van der Waals surface area (Å²) in [5.41, 5.74) is 0.143. The first-order chi connectivity index (χ1) is 10.7. The molecule has 0 aliphatic rings. The number of hydrogen-bond donors (Lipinski definition) is 0. The van der Waals surface area contributed by atoms with Crippen molar-refractivity contribution in [1.29, 1.82) is 0 Å². The number of hydrogen-bond acceptors (Lipinski definition) is 5. The minimum atomic E-state index is -0.690. The minimum absolute atomic E-state index is 0.261. The molecule has 0 saturated heterocycles. The van der Waals surface area contributed by atoms with Gasteiger partial charge in [0.15, 0.2) is 0 Å². The average Bonchev–Trinajstić information content (AvgIpc) is 2.83. The topological polar surface area (TPSA) is 76.3 Å². The van der Waals surface area contributed by atoms with Crippen LogP contribution in [-0.4, -0.2) is 27.8 Å². The van der Waals surface area contributed by atoms with Gasteiger partial charge in [0, 0.05) is 18.0 Å². The van der Waals surface area contributed by atoms with Crippen LogP contribution in [0.15, 0.2) is 18.2 Å². The lowest BCUT2D eigenvalue weighted by Crippen LogP contribution is -2.30. The predicted octanol–water partition coefficient (Wildman–Crippen LogP) is 3.64. The molecule has 122 valence electrons. The summed E-state index contributed by atoms with van der Waals surface area (Å²) in [6.45, 7) is 5.52. The highest BCUT2D eigenvalue weighted by atomic mass is 32.1. The minimum Gasteiger partial charge on any atom is -0.334 e. The lowest BCUT2D eigenvalue weighted by molar-refractivity contribution is -0.385. The molecule has 0 radical (unpaired) electrons. The van der Waals surface area contributed by atoms with Crippen LogP contribution in [0.5, 0.6) is 0 Å². The molecule has 1 heterocycles. The Morgan fingerprint density at radius 3 is 2.61 bits per heavy atom. The Morgan fingerprint density at radius 1 is 1.43 bits per heavy atom. The first kappa shape index (κ1) is 17.0. The Kier molecular flexibility index (Phi) is 4.74. The van der Waals surface area contributed by atoms with Crippen LogP contribution in [0.25, 0.3) is 0 Å². The fourth-order valence-electron chi connectivity index (χ4n) is 2.32. The number of carbonyl (C=O) groups is 1. The first-order valence-corrected chi connectivity index (χ1v) is 7.69. The summed E-state index contributed by atoms with van der Waals surface area (Å²) >= 11 is 1.46. The highest BCUT2D eigenvalue weighted by molar-refractivity contribution is 7.11. The zero-order valence-corrected chi connectivity index (χ0v) is 14.0. The SMILES string of the molecule is Cc1nc(C)c([C@H](C)N(C)C(=O)c2cc(F)ccc2[N+](=O)[O-])s1. The van der Waals surface area contributed by atoms with E-state index in [0.29, 0.717) is 0 Å². The van der Waals surface area contributed by atoms with E-state index >= 15 is 0 Å². The van der Waals surface area contributed by atoms with Crippen molar-refractivity contribution in [3.63, 3.8) is 0 Å². The average molecular weight is 337 g/mol. The van der Waals surface area contributed by atoms with Crippen LogP contribution < -0.4 is 0 Å². The van der Waals surface area contributed by atoms with Crippen molar-refractivity contribution in [2.75, 3.05) is 7.05 Å². The largest absolute Gasteiger partial charge is 0.334 e. The van der Waals surface area contributed by atoms with Crippen LogP contribution in [0.3, 0.4) is 0 Å². The van der Waals surface area contributed by atoms with Crippen LogP contribution in [0.2, 0.25) is 0 Å². The van der Waals surface area contributed by atoms with E-state index in [0.717, 1.165) is 33.8 Å². The molecule has 0 spiro atoms. The van der Waals surface area contributed by atoms with Crippen molar-refractivity contribution >= 4 is 22.9 Å². The van der Waals surface area contributed by atoms with Crippen molar-refractivity contribution in [1.82, 2.24) is 9.88 Å². The number of carbonyl (C=O) groups excluding carboxylic acids is 1. The molecule has 8 heteroatoms. The van der Waals surface area contributed by atoms with Gasteiger partial charge in [0.2, 0.25) is 0 Å². The maximum atomic E-state index is 13.4. The van der Waals surface area contributed by atoms with Gasteiger partial charge in [0.1, 0.15) is 11.4 Å². The normalized spacial score (nSPS) is 12.0. The second-order valence-electron chi connectivity index (χ2n) is 5.19. The summed E-state index contributed by atoms with van der Waals surface area (Å²) in [6, 6.07) is 2.55. The molecule has 0 aliphatic heterocycles. The zero-order chi connectivity index (χ0) is 17.3. The summed E-state index contributed by atoms with van der Waals surface area (Å²) in [5.74, 6) is -1.29. The van der Waals surface area contributed by atoms with E-state index in [1.54, 1.807) is 0 Å². The number of rotatable bonds is 4. The summed E-state index contributed by atoms with van der Waals surface area (Å²) in [4.78, 5) is 29.6. The zero-order valence-electron chi connectivity index (χ0n) is 13.2. The van der Waals surface area contributed by atoms with E-state index in [9.17, 15) is 19.3 Å². The van der Waals surface area contributed by atoms with Gasteiger partial charge in [-0.05, 0) is 32.9 Å². The number of nitrogens with zero attached hydrogens (tertiary/aromatic N) is 3. The van der Waals surface area contributed by atoms with Crippen LogP contribution in [-0.2, 0) is 0 Å². The van der Waals surface area contributed by atoms with E-state index in [-0.39, 0.29) is 11.6 Å². The number of aromatic nitrogens is 1. The van der Waals surface area contributed by atoms with E-state index in [1.165, 1.54) is 23.3 Å². The maximum absolute atomic E-state index is 13.4. The van der Waals surface area contributed by atoms with Gasteiger partial charge in [-0.25, -0.2) is 9.37 Å². The number of amides is 1. The molecule has 0 aliphatic carbocycles. The Labute approximate surface area is 136 Å². The molecule has 1 amide bonds. The number of aryl methyl sites for hydroxylation is 2. The molecule has 2 aromatic rings. The van der Waals surface area contributed by atoms with Gasteiger partial charge < -0.3 is 4.90 Å². The van der Waals surface area contributed by atoms with Gasteiger partial charge in [-0.3, -0.25) is 14.9 Å². The molecule has 0 fully saturated rings. The second-order valence-corrected chi connectivity index (χ2v) is 6.43. The Bertz CT molecular complexity index is 775. The summed E-state index contributed by atoms with van der Waals surface area (Å²) in [7, 11) is 1.54. The molecule has 0 unspecified atom stereocenters. The molecule has 0 N–H and O–H groups in total. The molecule has 0 bridgehead atoms. The van der Waals surface area contributed by atoms with Crippen LogP contribution >= 0.6 is 11.3 Å². The van der Waals surface area contributed by atoms with Crippen molar-refractivity contribution in [2.45, 2.75) is 26.8 Å². The Hall–Kier alpha value is -2.35. The van der Waals surface area contributed by atoms with Crippen molar-refractivity contribution < 1.29 is 14.1 Å². The molecule has 0 saturated carbocycles. The predicted molar refractivity (Wildman–Crippen MR) is 85.2 cm³/mol. The lowest BCUT2D eigenvalue weighted by atomic mass is 10.1. The fourth-order valence-corrected chi connectivity index (χ4v) is 3.34. The van der Waals surface area contributed by atoms with Crippen molar-refractivity contribution in [3.8, 4) is 0 Å². The third-order valence-electron chi connectivity index (χ3n) is 3.61. The van der Waals surface area contributed by atoms with Crippen molar-refractivity contribution in [2.24, 2.45) is 0 Å². The molecule has 1 atom stereocenters. The van der Waals surface area contributed by atoms with Crippen LogP contribution in [0, 0.1) is 29.8 Å². The number of benzene rings is 1. The summed E-state index contributed by atoms with van der Waals surface area (Å²) in [6.07, 6.45) is 0. The number of nitro benzene ring substituents is 1. The molecular formula is C15H16FN3O3S. The van der Waals surface area contributed by atoms with Crippen LogP contribution in [0.1, 0.15) is 38.9 Å². The third-order valence-corrected chi connectivity index (χ3v) is 4.85. The fraction of sp³-hybridized carbons (Fsp3) is 0.333. The molecule has 6 nitrogen and oxygen atoms in total. The number of thiazole rings is 1. The standard InChI is InChI=1S/C15H16FN3O3S/c1-8-14(23-10(3)17-8)9(2)18(4)15(20)12-7-11(16)5-6-13(12)19(21)22/h5-7,9H,1-4H3/t9-/m0/s1. The molecule has 23 heavy (non-hydrogen) atoms. The van der Waals surface area contributed by atoms with Crippen LogP contribution in [0.4, 0.5) is 10.1 Å². The molecule has 1 aromatic heterocycles. The van der Waals surface area contributed by atoms with Gasteiger partial charge >= 0.3 is 0 Å². The molecule has 2 rings (SSSR count). The molecule has 1 aromatic carbocycles. The molecular weight excluding hydrogens is 321 g/mol. The smallest absolute Gasteiger partial charge is 0.282 e. The highest BCUT2D eigenvalue weighted by Gasteiger charge is 2.28. The quantitative estimate of drug-likeness (QED) is 0.630. The van der Waals surface area contributed by atoms with Gasteiger partial charge in [0.05, 0.1) is 21.7 Å². The number of nitro groups is 1. The van der Waals surface area contributed by atoms with Gasteiger partial charge in [-0.2, -0.15) is 0 Å². The van der Waals surface area contributed by atoms with Crippen molar-refractivity contribution in [3.05, 3.63) is 55.3 Å². The monoisotopic (exact) mass is 337 g/mol. The Balaban J connectivity index is 2.38. The first-order valence-electron chi connectivity index (χ1n) is 6.87. The lowest BCUT2D eigenvalue weighted by Gasteiger charge is -2.24. The third kappa shape index (κ3) is 3.37. The second kappa shape index (κ2) is 6.41. The summed E-state index contributed by atoms with van der Waals surface area (Å²) in [5, 5.41) is 11.9. The van der Waals surface area contributed by atoms with Gasteiger partial charge in [-0.1, -0.05) is 0 Å². The summed E-state index contributed by atoms with van der Waals surface area (Å²) < 4.78 is 13.4. The van der Waals surface area contributed by atoms with E-state index in [2.05, 4.69) is 4.98 Å². The van der Waals surface area contributed by atoms with E-state index in [1.807, 2.05) is 20.8 Å². The Morgan fingerprint density at radius 2 is 2.09 bits per heavy atom. The maximum Gasteiger partial charge on any atom is 0.282 e.